The van der Waals surface area contributed by atoms with Crippen molar-refractivity contribution >= 4 is 11.8 Å². The number of amides is 2. The van der Waals surface area contributed by atoms with E-state index in [1.807, 2.05) is 46.8 Å². The van der Waals surface area contributed by atoms with Gasteiger partial charge in [0, 0.05) is 43.0 Å². The SMILES string of the molecule is CC.CC.C[C@H]1C/C=C\CN2CN1n1cc(C(=O)NCc3c(F)cc(F)cc3F)c(=O)c(O)c1C2=O. The molecule has 1 aromatic heterocycles. The van der Waals surface area contributed by atoms with Crippen molar-refractivity contribution in [1.82, 2.24) is 14.9 Å². The zero-order valence-electron chi connectivity index (χ0n) is 20.9. The van der Waals surface area contributed by atoms with Crippen molar-refractivity contribution < 1.29 is 27.9 Å². The Labute approximate surface area is 207 Å². The molecule has 0 saturated carbocycles. The number of hydrogen-bond acceptors (Lipinski definition) is 5. The van der Waals surface area contributed by atoms with Crippen LogP contribution in [-0.2, 0) is 6.54 Å². The van der Waals surface area contributed by atoms with Gasteiger partial charge in [-0.3, -0.25) is 24.1 Å². The van der Waals surface area contributed by atoms with Gasteiger partial charge >= 0.3 is 0 Å². The fraction of sp³-hybridized carbons (Fsp3) is 0.400. The van der Waals surface area contributed by atoms with Crippen molar-refractivity contribution in [3.63, 3.8) is 0 Å². The van der Waals surface area contributed by atoms with Gasteiger partial charge in [-0.15, -0.1) is 0 Å². The highest BCUT2D eigenvalue weighted by atomic mass is 19.1. The predicted molar refractivity (Wildman–Crippen MR) is 130 cm³/mol. The third-order valence-corrected chi connectivity index (χ3v) is 5.50. The molecule has 8 nitrogen and oxygen atoms in total. The number of aromatic hydroxyl groups is 1. The molecule has 2 N–H and O–H groups in total. The lowest BCUT2D eigenvalue weighted by atomic mass is 10.1. The van der Waals surface area contributed by atoms with Crippen molar-refractivity contribution in [3.05, 3.63) is 75.0 Å². The molecule has 11 heteroatoms. The number of hydrogen-bond donors (Lipinski definition) is 2. The lowest BCUT2D eigenvalue weighted by molar-refractivity contribution is 0.0694. The number of aromatic nitrogens is 1. The highest BCUT2D eigenvalue weighted by molar-refractivity contribution is 5.99. The summed E-state index contributed by atoms with van der Waals surface area (Å²) in [6.45, 7) is 9.69. The number of carbonyl (C=O) groups excluding carboxylic acids is 2. The first-order chi connectivity index (χ1) is 17.2. The van der Waals surface area contributed by atoms with Crippen LogP contribution in [0.1, 0.15) is 67.4 Å². The Balaban J connectivity index is 0.00000109. The van der Waals surface area contributed by atoms with Crippen LogP contribution >= 0.6 is 0 Å². The van der Waals surface area contributed by atoms with Gasteiger partial charge in [-0.25, -0.2) is 13.2 Å². The third kappa shape index (κ3) is 5.55. The summed E-state index contributed by atoms with van der Waals surface area (Å²) >= 11 is 0. The average Bonchev–Trinajstić information content (AvgIpc) is 2.85. The average molecular weight is 509 g/mol. The standard InChI is InChI=1S/C21H19F3N4O4.2C2H6/c1-11-4-2-3-5-26-10-28(11)27-9-14(18(29)19(30)17(27)21(26)32)20(31)25-8-13-15(23)6-12(22)7-16(13)24;2*1-2/h2-3,6-7,9,11,30H,4-5,8,10H2,1H3,(H,25,31);2*1-2H3/b3-2-;;/t11-;;/m0../s1. The minimum atomic E-state index is -1.19. The first kappa shape index (κ1) is 28.5. The van der Waals surface area contributed by atoms with Gasteiger partial charge in [-0.05, 0) is 13.3 Å². The van der Waals surface area contributed by atoms with Crippen molar-refractivity contribution in [1.29, 1.82) is 0 Å². The van der Waals surface area contributed by atoms with Gasteiger partial charge in [-0.1, -0.05) is 39.8 Å². The number of rotatable bonds is 3. The van der Waals surface area contributed by atoms with Gasteiger partial charge in [0.1, 0.15) is 29.7 Å². The lowest BCUT2D eigenvalue weighted by Gasteiger charge is -2.43. The molecule has 36 heavy (non-hydrogen) atoms. The molecule has 0 radical (unpaired) electrons. The fourth-order valence-electron chi connectivity index (χ4n) is 3.72. The Kier molecular flexibility index (Phi) is 9.71. The van der Waals surface area contributed by atoms with Crippen molar-refractivity contribution in [2.45, 2.75) is 53.6 Å². The molecule has 1 atom stereocenters. The summed E-state index contributed by atoms with van der Waals surface area (Å²) in [5.74, 6) is -5.98. The smallest absolute Gasteiger partial charge is 0.278 e. The van der Waals surface area contributed by atoms with Crippen LogP contribution in [0.4, 0.5) is 13.2 Å². The van der Waals surface area contributed by atoms with E-state index in [2.05, 4.69) is 5.32 Å². The molecule has 196 valence electrons. The second-order valence-corrected chi connectivity index (χ2v) is 7.61. The van der Waals surface area contributed by atoms with Crippen LogP contribution in [0.3, 0.4) is 0 Å². The van der Waals surface area contributed by atoms with Crippen molar-refractivity contribution in [2.24, 2.45) is 0 Å². The Hall–Kier alpha value is -3.76. The van der Waals surface area contributed by atoms with Crippen LogP contribution in [0.5, 0.6) is 5.75 Å². The minimum Gasteiger partial charge on any atom is -0.502 e. The van der Waals surface area contributed by atoms with Crippen LogP contribution in [0.15, 0.2) is 35.3 Å². The molecule has 0 fully saturated rings. The summed E-state index contributed by atoms with van der Waals surface area (Å²) in [6, 6.07) is 0.805. The molecule has 2 amide bonds. The van der Waals surface area contributed by atoms with Gasteiger partial charge in [-0.2, -0.15) is 0 Å². The van der Waals surface area contributed by atoms with Gasteiger partial charge < -0.3 is 15.3 Å². The number of carbonyl (C=O) groups is 2. The zero-order chi connectivity index (χ0) is 27.2. The first-order valence-electron chi connectivity index (χ1n) is 11.8. The zero-order valence-corrected chi connectivity index (χ0v) is 20.9. The summed E-state index contributed by atoms with van der Waals surface area (Å²) in [5.41, 5.74) is -2.46. The Bertz CT molecular complexity index is 1190. The van der Waals surface area contributed by atoms with E-state index in [4.69, 9.17) is 0 Å². The van der Waals surface area contributed by atoms with E-state index in [9.17, 15) is 32.7 Å². The maximum atomic E-state index is 13.8. The molecule has 0 aliphatic carbocycles. The summed E-state index contributed by atoms with van der Waals surface area (Å²) < 4.78 is 42.0. The Morgan fingerprint density at radius 1 is 1.08 bits per heavy atom. The van der Waals surface area contributed by atoms with E-state index in [0.29, 0.717) is 25.1 Å². The van der Waals surface area contributed by atoms with Gasteiger partial charge in [0.2, 0.25) is 5.43 Å². The quantitative estimate of drug-likeness (QED) is 0.618. The summed E-state index contributed by atoms with van der Waals surface area (Å²) in [4.78, 5) is 39.5. The van der Waals surface area contributed by atoms with Gasteiger partial charge in [0.05, 0.1) is 0 Å². The molecule has 0 saturated heterocycles. The number of pyridine rings is 1. The van der Waals surface area contributed by atoms with E-state index in [-0.39, 0.29) is 18.4 Å². The van der Waals surface area contributed by atoms with E-state index in [1.54, 1.807) is 5.01 Å². The van der Waals surface area contributed by atoms with Crippen LogP contribution in [0.2, 0.25) is 0 Å². The van der Waals surface area contributed by atoms with Crippen LogP contribution in [0.25, 0.3) is 0 Å². The molecule has 2 aromatic rings. The van der Waals surface area contributed by atoms with Gasteiger partial charge in [0.25, 0.3) is 11.8 Å². The first-order valence-corrected chi connectivity index (χ1v) is 11.8. The lowest BCUT2D eigenvalue weighted by Crippen LogP contribution is -2.58. The number of halogens is 3. The van der Waals surface area contributed by atoms with E-state index < -0.39 is 58.1 Å². The number of nitrogens with one attached hydrogen (secondary N) is 1. The fourth-order valence-corrected chi connectivity index (χ4v) is 3.72. The molecule has 0 unspecified atom stereocenters. The predicted octanol–water partition coefficient (Wildman–Crippen LogP) is 3.65. The highest BCUT2D eigenvalue weighted by Crippen LogP contribution is 2.24. The second-order valence-electron chi connectivity index (χ2n) is 7.61. The van der Waals surface area contributed by atoms with Crippen molar-refractivity contribution in [3.8, 4) is 5.75 Å². The molecule has 1 aromatic carbocycles. The van der Waals surface area contributed by atoms with Crippen LogP contribution in [-0.4, -0.2) is 45.8 Å². The van der Waals surface area contributed by atoms with Gasteiger partial charge in [0.15, 0.2) is 11.4 Å². The Morgan fingerprint density at radius 3 is 2.31 bits per heavy atom. The normalized spacial score (nSPS) is 16.9. The van der Waals surface area contributed by atoms with Crippen molar-refractivity contribution in [2.75, 3.05) is 18.2 Å². The summed E-state index contributed by atoms with van der Waals surface area (Å²) in [7, 11) is 0. The maximum Gasteiger partial charge on any atom is 0.278 e. The number of fused-ring (bicyclic) bond motifs is 4. The van der Waals surface area contributed by atoms with E-state index in [0.717, 1.165) is 6.20 Å². The summed E-state index contributed by atoms with van der Waals surface area (Å²) in [5, 5.41) is 14.4. The van der Waals surface area contributed by atoms with Crippen LogP contribution in [0, 0.1) is 17.5 Å². The molecule has 2 aliphatic heterocycles. The third-order valence-electron chi connectivity index (χ3n) is 5.50. The number of nitrogens with zero attached hydrogens (tertiary/aromatic N) is 3. The second kappa shape index (κ2) is 12.3. The molecule has 2 aliphatic rings. The van der Waals surface area contributed by atoms with E-state index in [1.165, 1.54) is 9.58 Å². The topological polar surface area (TPSA) is 94.9 Å². The number of benzene rings is 1. The Morgan fingerprint density at radius 2 is 1.69 bits per heavy atom. The maximum absolute atomic E-state index is 13.8. The molecular formula is C25H31F3N4O4. The molecule has 2 bridgehead atoms. The molecule has 0 spiro atoms. The molecule has 4 rings (SSSR count). The largest absolute Gasteiger partial charge is 0.502 e. The monoisotopic (exact) mass is 508 g/mol. The molecule has 3 heterocycles. The van der Waals surface area contributed by atoms with Crippen LogP contribution < -0.4 is 15.8 Å². The summed E-state index contributed by atoms with van der Waals surface area (Å²) in [6.07, 6.45) is 5.48. The molecular weight excluding hydrogens is 477 g/mol. The highest BCUT2D eigenvalue weighted by Gasteiger charge is 2.36. The van der Waals surface area contributed by atoms with E-state index >= 15 is 0 Å². The minimum absolute atomic E-state index is 0.138.